The van der Waals surface area contributed by atoms with E-state index in [1.807, 2.05) is 11.8 Å². The van der Waals surface area contributed by atoms with E-state index in [-0.39, 0.29) is 4.90 Å². The van der Waals surface area contributed by atoms with Gasteiger partial charge in [0.25, 0.3) is 0 Å². The van der Waals surface area contributed by atoms with Gasteiger partial charge in [0.05, 0.1) is 4.90 Å². The van der Waals surface area contributed by atoms with Crippen molar-refractivity contribution in [3.63, 3.8) is 0 Å². The lowest BCUT2D eigenvalue weighted by Gasteiger charge is -2.33. The number of piperazine rings is 1. The highest BCUT2D eigenvalue weighted by Gasteiger charge is 2.29. The summed E-state index contributed by atoms with van der Waals surface area (Å²) < 4.78 is 32.9. The van der Waals surface area contributed by atoms with E-state index in [0.29, 0.717) is 43.8 Å². The summed E-state index contributed by atoms with van der Waals surface area (Å²) in [6.07, 6.45) is 3.37. The molecule has 146 valence electrons. The SMILES string of the molecule is Cc1nc(-c2ccc(S(=O)(=O)N3CCN(c4ncccn4)CC3)cc2)c(C)o1. The van der Waals surface area contributed by atoms with Crippen LogP contribution in [0.3, 0.4) is 0 Å². The van der Waals surface area contributed by atoms with Crippen LogP contribution in [0.25, 0.3) is 11.3 Å². The number of anilines is 1. The number of hydrogen-bond acceptors (Lipinski definition) is 7. The summed E-state index contributed by atoms with van der Waals surface area (Å²) in [6.45, 7) is 5.52. The lowest BCUT2D eigenvalue weighted by molar-refractivity contribution is 0.382. The summed E-state index contributed by atoms with van der Waals surface area (Å²) >= 11 is 0. The minimum absolute atomic E-state index is 0.276. The Balaban J connectivity index is 1.49. The fourth-order valence-corrected chi connectivity index (χ4v) is 4.74. The molecule has 1 aliphatic rings. The first kappa shape index (κ1) is 18.6. The Hall–Kier alpha value is -2.78. The lowest BCUT2D eigenvalue weighted by atomic mass is 10.1. The van der Waals surface area contributed by atoms with E-state index in [1.54, 1.807) is 49.6 Å². The van der Waals surface area contributed by atoms with E-state index in [4.69, 9.17) is 4.42 Å². The lowest BCUT2D eigenvalue weighted by Crippen LogP contribution is -2.49. The van der Waals surface area contributed by atoms with Crippen molar-refractivity contribution in [1.29, 1.82) is 0 Å². The number of oxazole rings is 1. The second-order valence-electron chi connectivity index (χ2n) is 6.60. The van der Waals surface area contributed by atoms with Crippen LogP contribution in [-0.2, 0) is 10.0 Å². The number of rotatable bonds is 4. The molecule has 1 fully saturated rings. The molecular formula is C19H21N5O3S. The van der Waals surface area contributed by atoms with Crippen LogP contribution in [0.4, 0.5) is 5.95 Å². The van der Waals surface area contributed by atoms with Crippen molar-refractivity contribution < 1.29 is 12.8 Å². The van der Waals surface area contributed by atoms with Crippen molar-refractivity contribution in [3.8, 4) is 11.3 Å². The number of sulfonamides is 1. The molecule has 3 heterocycles. The summed E-state index contributed by atoms with van der Waals surface area (Å²) in [5.74, 6) is 1.93. The third-order valence-electron chi connectivity index (χ3n) is 4.74. The molecule has 1 aromatic carbocycles. The van der Waals surface area contributed by atoms with E-state index in [1.165, 1.54) is 4.31 Å². The summed E-state index contributed by atoms with van der Waals surface area (Å²) in [4.78, 5) is 15.1. The number of aromatic nitrogens is 3. The van der Waals surface area contributed by atoms with Gasteiger partial charge in [-0.25, -0.2) is 23.4 Å². The van der Waals surface area contributed by atoms with Crippen LogP contribution in [-0.4, -0.2) is 53.9 Å². The molecule has 0 bridgehead atoms. The Labute approximate surface area is 163 Å². The standard InChI is InChI=1S/C19H21N5O3S/c1-14-18(22-15(2)27-14)16-4-6-17(7-5-16)28(25,26)24-12-10-23(11-13-24)19-20-8-3-9-21-19/h3-9H,10-13H2,1-2H3. The molecule has 0 radical (unpaired) electrons. The minimum Gasteiger partial charge on any atom is -0.446 e. The quantitative estimate of drug-likeness (QED) is 0.664. The molecule has 0 amide bonds. The fourth-order valence-electron chi connectivity index (χ4n) is 3.31. The van der Waals surface area contributed by atoms with Gasteiger partial charge in [-0.15, -0.1) is 0 Å². The summed E-state index contributed by atoms with van der Waals surface area (Å²) in [6, 6.07) is 8.55. The predicted octanol–water partition coefficient (Wildman–Crippen LogP) is 2.26. The van der Waals surface area contributed by atoms with E-state index < -0.39 is 10.0 Å². The summed E-state index contributed by atoms with van der Waals surface area (Å²) in [5, 5.41) is 0. The second kappa shape index (κ2) is 7.33. The maximum Gasteiger partial charge on any atom is 0.243 e. The first-order valence-corrected chi connectivity index (χ1v) is 10.5. The maximum atomic E-state index is 13.0. The highest BCUT2D eigenvalue weighted by atomic mass is 32.2. The zero-order chi connectivity index (χ0) is 19.7. The highest BCUT2D eigenvalue weighted by Crippen LogP contribution is 2.26. The van der Waals surface area contributed by atoms with Gasteiger partial charge in [0.2, 0.25) is 16.0 Å². The molecule has 0 saturated carbocycles. The summed E-state index contributed by atoms with van der Waals surface area (Å²) in [7, 11) is -3.55. The molecule has 2 aromatic heterocycles. The monoisotopic (exact) mass is 399 g/mol. The molecule has 3 aromatic rings. The van der Waals surface area contributed by atoms with Crippen molar-refractivity contribution in [2.24, 2.45) is 0 Å². The summed E-state index contributed by atoms with van der Waals surface area (Å²) in [5.41, 5.74) is 1.57. The van der Waals surface area contributed by atoms with Crippen molar-refractivity contribution in [2.45, 2.75) is 18.7 Å². The van der Waals surface area contributed by atoms with Gasteiger partial charge in [-0.2, -0.15) is 4.31 Å². The fraction of sp³-hybridized carbons (Fsp3) is 0.316. The number of aryl methyl sites for hydroxylation is 2. The second-order valence-corrected chi connectivity index (χ2v) is 8.54. The molecular weight excluding hydrogens is 378 g/mol. The van der Waals surface area contributed by atoms with Crippen molar-refractivity contribution >= 4 is 16.0 Å². The van der Waals surface area contributed by atoms with Gasteiger partial charge in [0.1, 0.15) is 11.5 Å². The average Bonchev–Trinajstić information content (AvgIpc) is 3.07. The Bertz CT molecular complexity index is 1060. The predicted molar refractivity (Wildman–Crippen MR) is 104 cm³/mol. The normalized spacial score (nSPS) is 15.7. The zero-order valence-corrected chi connectivity index (χ0v) is 16.6. The van der Waals surface area contributed by atoms with Gasteiger partial charge in [-0.3, -0.25) is 0 Å². The van der Waals surface area contributed by atoms with Gasteiger partial charge in [-0.1, -0.05) is 12.1 Å². The van der Waals surface area contributed by atoms with Gasteiger partial charge in [-0.05, 0) is 25.1 Å². The smallest absolute Gasteiger partial charge is 0.243 e. The molecule has 4 rings (SSSR count). The first-order valence-electron chi connectivity index (χ1n) is 9.02. The highest BCUT2D eigenvalue weighted by molar-refractivity contribution is 7.89. The van der Waals surface area contributed by atoms with Gasteiger partial charge in [0.15, 0.2) is 5.89 Å². The van der Waals surface area contributed by atoms with Crippen LogP contribution >= 0.6 is 0 Å². The molecule has 0 unspecified atom stereocenters. The third kappa shape index (κ3) is 3.50. The number of benzene rings is 1. The van der Waals surface area contributed by atoms with Crippen LogP contribution in [0.15, 0.2) is 52.0 Å². The zero-order valence-electron chi connectivity index (χ0n) is 15.7. The Kier molecular flexibility index (Phi) is 4.86. The van der Waals surface area contributed by atoms with E-state index in [0.717, 1.165) is 11.3 Å². The maximum absolute atomic E-state index is 13.0. The molecule has 28 heavy (non-hydrogen) atoms. The topological polar surface area (TPSA) is 92.4 Å². The van der Waals surface area contributed by atoms with Crippen molar-refractivity contribution in [2.75, 3.05) is 31.1 Å². The average molecular weight is 399 g/mol. The first-order chi connectivity index (χ1) is 13.4. The molecule has 0 aliphatic carbocycles. The van der Waals surface area contributed by atoms with E-state index in [9.17, 15) is 8.42 Å². The Morgan fingerprint density at radius 3 is 2.18 bits per heavy atom. The van der Waals surface area contributed by atoms with Crippen LogP contribution < -0.4 is 4.90 Å². The van der Waals surface area contributed by atoms with E-state index in [2.05, 4.69) is 15.0 Å². The largest absolute Gasteiger partial charge is 0.446 e. The molecule has 0 atom stereocenters. The van der Waals surface area contributed by atoms with Crippen molar-refractivity contribution in [3.05, 3.63) is 54.4 Å². The van der Waals surface area contributed by atoms with Crippen LogP contribution in [0.2, 0.25) is 0 Å². The molecule has 1 saturated heterocycles. The number of nitrogens with zero attached hydrogens (tertiary/aromatic N) is 5. The van der Waals surface area contributed by atoms with Crippen LogP contribution in [0.1, 0.15) is 11.7 Å². The van der Waals surface area contributed by atoms with Crippen LogP contribution in [0.5, 0.6) is 0 Å². The molecule has 0 spiro atoms. The molecule has 8 nitrogen and oxygen atoms in total. The van der Waals surface area contributed by atoms with Crippen molar-refractivity contribution in [1.82, 2.24) is 19.3 Å². The van der Waals surface area contributed by atoms with Gasteiger partial charge in [0, 0.05) is 51.1 Å². The van der Waals surface area contributed by atoms with Gasteiger partial charge >= 0.3 is 0 Å². The Morgan fingerprint density at radius 1 is 0.964 bits per heavy atom. The molecule has 0 N–H and O–H groups in total. The third-order valence-corrected chi connectivity index (χ3v) is 6.66. The Morgan fingerprint density at radius 2 is 1.61 bits per heavy atom. The van der Waals surface area contributed by atoms with Crippen LogP contribution in [0, 0.1) is 13.8 Å². The molecule has 1 aliphatic heterocycles. The minimum atomic E-state index is -3.55. The molecule has 9 heteroatoms. The van der Waals surface area contributed by atoms with Gasteiger partial charge < -0.3 is 9.32 Å². The number of hydrogen-bond donors (Lipinski definition) is 0. The van der Waals surface area contributed by atoms with E-state index >= 15 is 0 Å².